The average Bonchev–Trinajstić information content (AvgIpc) is 3.34. The number of thioether (sulfide) groups is 1. The molecule has 0 fully saturated rings. The van der Waals surface area contributed by atoms with Gasteiger partial charge in [0.15, 0.2) is 16.8 Å². The summed E-state index contributed by atoms with van der Waals surface area (Å²) < 4.78 is 2.63. The van der Waals surface area contributed by atoms with Crippen molar-refractivity contribution in [3.05, 3.63) is 86.5 Å². The van der Waals surface area contributed by atoms with Crippen molar-refractivity contribution in [2.45, 2.75) is 11.7 Å². The van der Waals surface area contributed by atoms with E-state index in [1.54, 1.807) is 12.1 Å². The normalized spacial score (nSPS) is 11.0. The number of halogens is 2. The molecule has 0 atom stereocenters. The zero-order valence-electron chi connectivity index (χ0n) is 15.1. The van der Waals surface area contributed by atoms with Gasteiger partial charge in [-0.25, -0.2) is 0 Å². The molecule has 2 aromatic carbocycles. The van der Waals surface area contributed by atoms with Crippen LogP contribution in [0.15, 0.2) is 71.9 Å². The lowest BCUT2D eigenvalue weighted by atomic mass is 10.2. The Bertz CT molecular complexity index is 1120. The zero-order valence-corrected chi connectivity index (χ0v) is 18.2. The molecule has 29 heavy (non-hydrogen) atoms. The summed E-state index contributed by atoms with van der Waals surface area (Å²) >= 11 is 14.6. The number of nitrogens with zero attached hydrogens (tertiary/aromatic N) is 3. The molecule has 8 heteroatoms. The van der Waals surface area contributed by atoms with Gasteiger partial charge in [-0.1, -0.05) is 65.3 Å². The maximum absolute atomic E-state index is 12.5. The number of carbonyl (C=O) groups excluding carboxylic acids is 1. The fourth-order valence-corrected chi connectivity index (χ4v) is 4.80. The highest BCUT2D eigenvalue weighted by atomic mass is 35.5. The van der Waals surface area contributed by atoms with Gasteiger partial charge in [0.05, 0.1) is 21.5 Å². The van der Waals surface area contributed by atoms with Gasteiger partial charge >= 0.3 is 0 Å². The van der Waals surface area contributed by atoms with E-state index in [0.717, 1.165) is 17.0 Å². The lowest BCUT2D eigenvalue weighted by Crippen LogP contribution is -2.06. The maximum Gasteiger partial charge on any atom is 0.192 e. The van der Waals surface area contributed by atoms with Crippen LogP contribution >= 0.6 is 46.3 Å². The minimum absolute atomic E-state index is 0.0224. The minimum atomic E-state index is 0.0224. The summed E-state index contributed by atoms with van der Waals surface area (Å²) in [7, 11) is 0. The van der Waals surface area contributed by atoms with Crippen LogP contribution in [0.2, 0.25) is 9.36 Å². The van der Waals surface area contributed by atoms with E-state index in [-0.39, 0.29) is 11.5 Å². The monoisotopic (exact) mass is 459 g/mol. The van der Waals surface area contributed by atoms with Crippen LogP contribution in [0.5, 0.6) is 0 Å². The highest BCUT2D eigenvalue weighted by molar-refractivity contribution is 7.99. The summed E-state index contributed by atoms with van der Waals surface area (Å²) in [6.45, 7) is 0.604. The van der Waals surface area contributed by atoms with E-state index in [4.69, 9.17) is 23.2 Å². The lowest BCUT2D eigenvalue weighted by Gasteiger charge is -2.10. The van der Waals surface area contributed by atoms with Gasteiger partial charge in [-0.3, -0.25) is 9.36 Å². The molecule has 0 unspecified atom stereocenters. The quantitative estimate of drug-likeness (QED) is 0.239. The van der Waals surface area contributed by atoms with Crippen molar-refractivity contribution in [2.75, 3.05) is 5.75 Å². The molecule has 0 aliphatic heterocycles. The van der Waals surface area contributed by atoms with Crippen LogP contribution in [-0.4, -0.2) is 26.3 Å². The highest BCUT2D eigenvalue weighted by Gasteiger charge is 2.17. The Morgan fingerprint density at radius 1 is 0.966 bits per heavy atom. The smallest absolute Gasteiger partial charge is 0.192 e. The van der Waals surface area contributed by atoms with Gasteiger partial charge in [0, 0.05) is 10.6 Å². The Balaban J connectivity index is 1.62. The van der Waals surface area contributed by atoms with Crippen molar-refractivity contribution >= 4 is 52.1 Å². The molecular weight excluding hydrogens is 445 g/mol. The summed E-state index contributed by atoms with van der Waals surface area (Å²) in [5.41, 5.74) is 2.04. The van der Waals surface area contributed by atoms with Crippen molar-refractivity contribution in [3.8, 4) is 11.4 Å². The fourth-order valence-electron chi connectivity index (χ4n) is 2.78. The van der Waals surface area contributed by atoms with Crippen LogP contribution in [0.3, 0.4) is 0 Å². The molecule has 0 radical (unpaired) electrons. The Morgan fingerprint density at radius 3 is 2.41 bits per heavy atom. The maximum atomic E-state index is 12.5. The Morgan fingerprint density at radius 2 is 1.72 bits per heavy atom. The molecule has 4 rings (SSSR count). The lowest BCUT2D eigenvalue weighted by molar-refractivity contribution is 0.102. The second-order valence-corrected chi connectivity index (χ2v) is 9.29. The van der Waals surface area contributed by atoms with E-state index in [1.807, 2.05) is 47.0 Å². The molecule has 2 aromatic heterocycles. The van der Waals surface area contributed by atoms with E-state index in [2.05, 4.69) is 22.3 Å². The number of ketones is 1. The number of thiophene rings is 1. The molecule has 0 aliphatic carbocycles. The number of carbonyl (C=O) groups is 1. The van der Waals surface area contributed by atoms with Gasteiger partial charge < -0.3 is 0 Å². The Kier molecular flexibility index (Phi) is 6.35. The molecule has 0 amide bonds. The van der Waals surface area contributed by atoms with E-state index in [0.29, 0.717) is 25.9 Å². The van der Waals surface area contributed by atoms with Crippen LogP contribution in [-0.2, 0) is 6.54 Å². The van der Waals surface area contributed by atoms with Gasteiger partial charge in [0.1, 0.15) is 0 Å². The third kappa shape index (κ3) is 4.90. The van der Waals surface area contributed by atoms with E-state index >= 15 is 0 Å². The summed E-state index contributed by atoms with van der Waals surface area (Å²) in [4.78, 5) is 13.1. The van der Waals surface area contributed by atoms with Crippen molar-refractivity contribution in [2.24, 2.45) is 0 Å². The average molecular weight is 460 g/mol. The molecule has 0 saturated heterocycles. The molecule has 0 spiro atoms. The first-order chi connectivity index (χ1) is 14.1. The molecule has 0 saturated carbocycles. The third-order valence-corrected chi connectivity index (χ3v) is 6.67. The van der Waals surface area contributed by atoms with E-state index in [9.17, 15) is 4.79 Å². The summed E-state index contributed by atoms with van der Waals surface area (Å²) in [5.74, 6) is 1.03. The molecule has 0 bridgehead atoms. The van der Waals surface area contributed by atoms with Crippen molar-refractivity contribution < 1.29 is 4.79 Å². The van der Waals surface area contributed by atoms with Gasteiger partial charge in [-0.05, 0) is 42.0 Å². The molecular formula is C21H15Cl2N3OS2. The number of hydrogen-bond acceptors (Lipinski definition) is 5. The topological polar surface area (TPSA) is 47.8 Å². The van der Waals surface area contributed by atoms with Crippen LogP contribution in [0, 0.1) is 0 Å². The highest BCUT2D eigenvalue weighted by Crippen LogP contribution is 2.28. The van der Waals surface area contributed by atoms with Gasteiger partial charge in [0.25, 0.3) is 0 Å². The molecule has 4 aromatic rings. The minimum Gasteiger partial charge on any atom is -0.298 e. The second-order valence-electron chi connectivity index (χ2n) is 6.20. The van der Waals surface area contributed by atoms with Gasteiger partial charge in [-0.15, -0.1) is 21.5 Å². The molecule has 2 heterocycles. The van der Waals surface area contributed by atoms with Crippen molar-refractivity contribution in [3.63, 3.8) is 0 Å². The van der Waals surface area contributed by atoms with Crippen LogP contribution in [0.25, 0.3) is 11.4 Å². The standard InChI is InChI=1S/C21H15Cl2N3OS2/c22-16-8-6-15(7-9-16)20-24-25-21(26(20)12-14-4-2-1-3-5-14)28-13-17(27)18-10-11-19(23)29-18/h1-11H,12-13H2. The molecule has 0 N–H and O–H groups in total. The molecule has 0 aliphatic rings. The second kappa shape index (κ2) is 9.13. The van der Waals surface area contributed by atoms with Crippen molar-refractivity contribution in [1.29, 1.82) is 0 Å². The number of rotatable bonds is 7. The Hall–Kier alpha value is -2.12. The Labute approximate surface area is 186 Å². The van der Waals surface area contributed by atoms with E-state index in [1.165, 1.54) is 23.1 Å². The summed E-state index contributed by atoms with van der Waals surface area (Å²) in [6, 6.07) is 21.1. The van der Waals surface area contributed by atoms with Gasteiger partial charge in [-0.2, -0.15) is 0 Å². The summed E-state index contributed by atoms with van der Waals surface area (Å²) in [6.07, 6.45) is 0. The molecule has 4 nitrogen and oxygen atoms in total. The zero-order chi connectivity index (χ0) is 20.2. The van der Waals surface area contributed by atoms with Crippen LogP contribution < -0.4 is 0 Å². The summed E-state index contributed by atoms with van der Waals surface area (Å²) in [5, 5.41) is 10.1. The predicted octanol–water partition coefficient (Wildman–Crippen LogP) is 6.34. The third-order valence-electron chi connectivity index (χ3n) is 4.18. The molecule has 146 valence electrons. The number of hydrogen-bond donors (Lipinski definition) is 0. The van der Waals surface area contributed by atoms with Crippen molar-refractivity contribution in [1.82, 2.24) is 14.8 Å². The van der Waals surface area contributed by atoms with Crippen LogP contribution in [0.1, 0.15) is 15.2 Å². The number of aromatic nitrogens is 3. The first-order valence-electron chi connectivity index (χ1n) is 8.74. The van der Waals surface area contributed by atoms with Crippen LogP contribution in [0.4, 0.5) is 0 Å². The SMILES string of the molecule is O=C(CSc1nnc(-c2ccc(Cl)cc2)n1Cc1ccccc1)c1ccc(Cl)s1. The van der Waals surface area contributed by atoms with E-state index < -0.39 is 0 Å². The fraction of sp³-hybridized carbons (Fsp3) is 0.0952. The van der Waals surface area contributed by atoms with Gasteiger partial charge in [0.2, 0.25) is 0 Å². The first-order valence-corrected chi connectivity index (χ1v) is 11.3. The largest absolute Gasteiger partial charge is 0.298 e. The number of benzene rings is 2. The predicted molar refractivity (Wildman–Crippen MR) is 120 cm³/mol. The first kappa shape index (κ1) is 20.2. The number of Topliss-reactive ketones (excluding diaryl/α,β-unsaturated/α-hetero) is 1.